The summed E-state index contributed by atoms with van der Waals surface area (Å²) in [5.41, 5.74) is -0.812. The number of hydrogen-bond donors (Lipinski definition) is 1. The molecule has 1 aromatic rings. The molecule has 0 bridgehead atoms. The van der Waals surface area contributed by atoms with Gasteiger partial charge >= 0.3 is 6.18 Å². The summed E-state index contributed by atoms with van der Waals surface area (Å²) in [6, 6.07) is 3.80. The lowest BCUT2D eigenvalue weighted by atomic mass is 10.1. The molecule has 0 amide bonds. The van der Waals surface area contributed by atoms with Crippen LogP contribution in [0.4, 0.5) is 13.2 Å². The summed E-state index contributed by atoms with van der Waals surface area (Å²) >= 11 is 0. The molecular formula is C12H14F3NO2. The maximum atomic E-state index is 12.8. The van der Waals surface area contributed by atoms with Gasteiger partial charge in [-0.1, -0.05) is 6.07 Å². The Morgan fingerprint density at radius 1 is 1.33 bits per heavy atom. The van der Waals surface area contributed by atoms with Gasteiger partial charge in [0.25, 0.3) is 0 Å². The van der Waals surface area contributed by atoms with Crippen molar-refractivity contribution in [2.24, 2.45) is 0 Å². The largest absolute Gasteiger partial charge is 0.492 e. The molecule has 0 aliphatic carbocycles. The average Bonchev–Trinajstić information content (AvgIpc) is 2.80. The first-order chi connectivity index (χ1) is 8.52. The number of ether oxygens (including phenoxy) is 2. The number of alkyl halides is 3. The zero-order chi connectivity index (χ0) is 13.2. The predicted molar refractivity (Wildman–Crippen MR) is 59.9 cm³/mol. The van der Waals surface area contributed by atoms with Crippen LogP contribution in [0.5, 0.6) is 11.5 Å². The standard InChI is InChI=1S/C12H14F3NO2/c1-17-11-9(12(13,14)15)3-2-4-10(11)18-8-5-6-16-7-8/h2-4,8,16H,5-7H2,1H3. The first-order valence-electron chi connectivity index (χ1n) is 5.64. The zero-order valence-corrected chi connectivity index (χ0v) is 9.88. The molecule has 1 aromatic carbocycles. The number of para-hydroxylation sites is 1. The summed E-state index contributed by atoms with van der Waals surface area (Å²) in [4.78, 5) is 0. The fourth-order valence-electron chi connectivity index (χ4n) is 1.95. The third kappa shape index (κ3) is 2.69. The van der Waals surface area contributed by atoms with Crippen molar-refractivity contribution in [2.45, 2.75) is 18.7 Å². The Hall–Kier alpha value is -1.43. The summed E-state index contributed by atoms with van der Waals surface area (Å²) < 4.78 is 48.7. The van der Waals surface area contributed by atoms with E-state index in [4.69, 9.17) is 9.47 Å². The van der Waals surface area contributed by atoms with Crippen LogP contribution in [0.25, 0.3) is 0 Å². The van der Waals surface area contributed by atoms with E-state index >= 15 is 0 Å². The lowest BCUT2D eigenvalue weighted by Gasteiger charge is -2.18. The third-order valence-electron chi connectivity index (χ3n) is 2.80. The van der Waals surface area contributed by atoms with Crippen LogP contribution in [-0.4, -0.2) is 26.3 Å². The lowest BCUT2D eigenvalue weighted by molar-refractivity contribution is -0.138. The second-order valence-electron chi connectivity index (χ2n) is 4.07. The minimum atomic E-state index is -4.45. The van der Waals surface area contributed by atoms with Crippen LogP contribution in [0.2, 0.25) is 0 Å². The molecule has 3 nitrogen and oxygen atoms in total. The van der Waals surface area contributed by atoms with Gasteiger partial charge in [0.2, 0.25) is 0 Å². The Morgan fingerprint density at radius 2 is 2.11 bits per heavy atom. The van der Waals surface area contributed by atoms with Crippen molar-refractivity contribution in [3.63, 3.8) is 0 Å². The fraction of sp³-hybridized carbons (Fsp3) is 0.500. The van der Waals surface area contributed by atoms with E-state index in [2.05, 4.69) is 5.32 Å². The molecule has 1 fully saturated rings. The van der Waals surface area contributed by atoms with Crippen molar-refractivity contribution < 1.29 is 22.6 Å². The van der Waals surface area contributed by atoms with Crippen LogP contribution >= 0.6 is 0 Å². The Morgan fingerprint density at radius 3 is 2.67 bits per heavy atom. The van der Waals surface area contributed by atoms with E-state index in [1.807, 2.05) is 0 Å². The Balaban J connectivity index is 2.29. The van der Waals surface area contributed by atoms with Gasteiger partial charge in [-0.15, -0.1) is 0 Å². The summed E-state index contributed by atoms with van der Waals surface area (Å²) in [5, 5.41) is 3.09. The van der Waals surface area contributed by atoms with Gasteiger partial charge in [-0.2, -0.15) is 13.2 Å². The summed E-state index contributed by atoms with van der Waals surface area (Å²) in [5.74, 6) is -0.113. The molecule has 18 heavy (non-hydrogen) atoms. The Labute approximate surface area is 103 Å². The second-order valence-corrected chi connectivity index (χ2v) is 4.07. The Kier molecular flexibility index (Phi) is 3.65. The molecule has 100 valence electrons. The van der Waals surface area contributed by atoms with Crippen molar-refractivity contribution in [1.29, 1.82) is 0 Å². The van der Waals surface area contributed by atoms with E-state index < -0.39 is 11.7 Å². The molecule has 6 heteroatoms. The monoisotopic (exact) mass is 261 g/mol. The van der Waals surface area contributed by atoms with Crippen LogP contribution < -0.4 is 14.8 Å². The van der Waals surface area contributed by atoms with E-state index in [0.717, 1.165) is 19.0 Å². The summed E-state index contributed by atoms with van der Waals surface area (Å²) in [7, 11) is 1.21. The number of benzene rings is 1. The first-order valence-corrected chi connectivity index (χ1v) is 5.64. The number of rotatable bonds is 3. The molecule has 0 radical (unpaired) electrons. The van der Waals surface area contributed by atoms with Crippen LogP contribution in [0.3, 0.4) is 0 Å². The van der Waals surface area contributed by atoms with Gasteiger partial charge in [0.1, 0.15) is 11.7 Å². The quantitative estimate of drug-likeness (QED) is 0.906. The van der Waals surface area contributed by atoms with E-state index in [-0.39, 0.29) is 17.6 Å². The summed E-state index contributed by atoms with van der Waals surface area (Å²) in [6.07, 6.45) is -3.78. The van der Waals surface area contributed by atoms with Gasteiger partial charge in [-0.05, 0) is 25.1 Å². The minimum Gasteiger partial charge on any atom is -0.492 e. The highest BCUT2D eigenvalue weighted by Gasteiger charge is 2.36. The molecule has 1 heterocycles. The van der Waals surface area contributed by atoms with Crippen molar-refractivity contribution in [3.8, 4) is 11.5 Å². The van der Waals surface area contributed by atoms with Gasteiger partial charge in [0.15, 0.2) is 11.5 Å². The normalized spacial score (nSPS) is 19.9. The molecule has 1 saturated heterocycles. The SMILES string of the molecule is COc1c(OC2CCNC2)cccc1C(F)(F)F. The highest BCUT2D eigenvalue weighted by molar-refractivity contribution is 5.48. The smallest absolute Gasteiger partial charge is 0.420 e. The second kappa shape index (κ2) is 5.06. The molecule has 1 aliphatic heterocycles. The van der Waals surface area contributed by atoms with Crippen molar-refractivity contribution in [3.05, 3.63) is 23.8 Å². The predicted octanol–water partition coefficient (Wildman–Crippen LogP) is 2.45. The van der Waals surface area contributed by atoms with Gasteiger partial charge in [-0.25, -0.2) is 0 Å². The molecule has 1 N–H and O–H groups in total. The average molecular weight is 261 g/mol. The van der Waals surface area contributed by atoms with Crippen molar-refractivity contribution in [1.82, 2.24) is 5.32 Å². The van der Waals surface area contributed by atoms with Crippen LogP contribution in [0.15, 0.2) is 18.2 Å². The molecule has 0 spiro atoms. The van der Waals surface area contributed by atoms with Crippen LogP contribution in [0, 0.1) is 0 Å². The number of nitrogens with one attached hydrogen (secondary N) is 1. The number of halogens is 3. The first kappa shape index (κ1) is 13.0. The van der Waals surface area contributed by atoms with Crippen molar-refractivity contribution >= 4 is 0 Å². The van der Waals surface area contributed by atoms with Gasteiger partial charge < -0.3 is 14.8 Å². The topological polar surface area (TPSA) is 30.5 Å². The van der Waals surface area contributed by atoms with Crippen LogP contribution in [-0.2, 0) is 6.18 Å². The van der Waals surface area contributed by atoms with Gasteiger partial charge in [0, 0.05) is 6.54 Å². The highest BCUT2D eigenvalue weighted by atomic mass is 19.4. The van der Waals surface area contributed by atoms with Crippen molar-refractivity contribution in [2.75, 3.05) is 20.2 Å². The van der Waals surface area contributed by atoms with E-state index in [0.29, 0.717) is 6.54 Å². The Bertz CT molecular complexity index is 414. The van der Waals surface area contributed by atoms with E-state index in [9.17, 15) is 13.2 Å². The molecule has 0 saturated carbocycles. The van der Waals surface area contributed by atoms with E-state index in [1.54, 1.807) is 0 Å². The maximum absolute atomic E-state index is 12.8. The molecular weight excluding hydrogens is 247 g/mol. The highest BCUT2D eigenvalue weighted by Crippen LogP contribution is 2.41. The van der Waals surface area contributed by atoms with Gasteiger partial charge in [0.05, 0.1) is 7.11 Å². The lowest BCUT2D eigenvalue weighted by Crippen LogP contribution is -2.20. The fourth-order valence-corrected chi connectivity index (χ4v) is 1.95. The maximum Gasteiger partial charge on any atom is 0.420 e. The molecule has 2 rings (SSSR count). The number of methoxy groups -OCH3 is 1. The van der Waals surface area contributed by atoms with E-state index in [1.165, 1.54) is 19.2 Å². The molecule has 1 atom stereocenters. The summed E-state index contributed by atoms with van der Waals surface area (Å²) in [6.45, 7) is 1.45. The third-order valence-corrected chi connectivity index (χ3v) is 2.80. The molecule has 1 aliphatic rings. The van der Waals surface area contributed by atoms with Gasteiger partial charge in [-0.3, -0.25) is 0 Å². The van der Waals surface area contributed by atoms with Crippen LogP contribution in [0.1, 0.15) is 12.0 Å². The molecule has 1 unspecified atom stereocenters. The number of hydrogen-bond acceptors (Lipinski definition) is 3. The minimum absolute atomic E-state index is 0.109. The zero-order valence-electron chi connectivity index (χ0n) is 9.88. The molecule has 0 aromatic heterocycles.